The number of halogens is 3. The van der Waals surface area contributed by atoms with E-state index in [2.05, 4.69) is 26.2 Å². The van der Waals surface area contributed by atoms with Crippen LogP contribution in [0.2, 0.25) is 10.2 Å². The first-order valence-corrected chi connectivity index (χ1v) is 8.46. The number of hydrogen-bond donors (Lipinski definition) is 1. The van der Waals surface area contributed by atoms with Crippen molar-refractivity contribution in [1.82, 2.24) is 9.88 Å². The van der Waals surface area contributed by atoms with Gasteiger partial charge in [-0.15, -0.1) is 0 Å². The Kier molecular flexibility index (Phi) is 6.21. The van der Waals surface area contributed by atoms with Gasteiger partial charge in [-0.05, 0) is 42.8 Å². The quantitative estimate of drug-likeness (QED) is 0.740. The van der Waals surface area contributed by atoms with Crippen LogP contribution >= 0.6 is 39.1 Å². The monoisotopic (exact) mass is 429 g/mol. The Labute approximate surface area is 158 Å². The first-order chi connectivity index (χ1) is 11.3. The molecule has 0 aliphatic rings. The van der Waals surface area contributed by atoms with Crippen molar-refractivity contribution < 1.29 is 9.59 Å². The summed E-state index contributed by atoms with van der Waals surface area (Å²) >= 11 is 15.1. The van der Waals surface area contributed by atoms with Gasteiger partial charge in [0.2, 0.25) is 5.91 Å². The molecule has 1 N–H and O–H groups in total. The summed E-state index contributed by atoms with van der Waals surface area (Å²) < 4.78 is 0.923. The van der Waals surface area contributed by atoms with Crippen molar-refractivity contribution in [3.8, 4) is 0 Å². The second-order valence-corrected chi connectivity index (χ2v) is 6.84. The molecule has 5 nitrogen and oxygen atoms in total. The molecule has 2 aromatic rings. The molecule has 0 aliphatic heterocycles. The highest BCUT2D eigenvalue weighted by Gasteiger charge is 2.19. The SMILES string of the molecule is Cc1cc(Br)ccc1NC(=O)CN(C)C(=O)c1nc(Cl)ccc1Cl. The first-order valence-electron chi connectivity index (χ1n) is 6.91. The topological polar surface area (TPSA) is 62.3 Å². The molecule has 0 fully saturated rings. The molecule has 0 saturated heterocycles. The van der Waals surface area contributed by atoms with Crippen LogP contribution in [0, 0.1) is 6.92 Å². The van der Waals surface area contributed by atoms with E-state index >= 15 is 0 Å². The predicted molar refractivity (Wildman–Crippen MR) is 98.7 cm³/mol. The van der Waals surface area contributed by atoms with Crippen molar-refractivity contribution in [2.45, 2.75) is 6.92 Å². The molecule has 24 heavy (non-hydrogen) atoms. The summed E-state index contributed by atoms with van der Waals surface area (Å²) in [6, 6.07) is 8.48. The van der Waals surface area contributed by atoms with Crippen molar-refractivity contribution in [3.05, 3.63) is 56.2 Å². The van der Waals surface area contributed by atoms with Crippen molar-refractivity contribution >= 4 is 56.6 Å². The third-order valence-electron chi connectivity index (χ3n) is 3.20. The maximum absolute atomic E-state index is 12.4. The molecule has 1 aromatic heterocycles. The summed E-state index contributed by atoms with van der Waals surface area (Å²) in [7, 11) is 1.50. The summed E-state index contributed by atoms with van der Waals surface area (Å²) in [5.74, 6) is -0.806. The third kappa shape index (κ3) is 4.69. The highest BCUT2D eigenvalue weighted by Crippen LogP contribution is 2.20. The summed E-state index contributed by atoms with van der Waals surface area (Å²) in [5, 5.41) is 3.11. The van der Waals surface area contributed by atoms with Gasteiger partial charge in [-0.1, -0.05) is 39.1 Å². The standard InChI is InChI=1S/C16H14BrCl2N3O2/c1-9-7-10(17)3-5-12(9)20-14(23)8-22(2)16(24)15-11(18)4-6-13(19)21-15/h3-7H,8H2,1-2H3,(H,20,23). The maximum Gasteiger partial charge on any atom is 0.274 e. The molecule has 2 amide bonds. The van der Waals surface area contributed by atoms with Gasteiger partial charge in [-0.2, -0.15) is 0 Å². The highest BCUT2D eigenvalue weighted by molar-refractivity contribution is 9.10. The fraction of sp³-hybridized carbons (Fsp3) is 0.188. The van der Waals surface area contributed by atoms with E-state index in [9.17, 15) is 9.59 Å². The van der Waals surface area contributed by atoms with E-state index < -0.39 is 5.91 Å². The van der Waals surface area contributed by atoms with E-state index in [0.29, 0.717) is 5.69 Å². The van der Waals surface area contributed by atoms with Gasteiger partial charge in [0.25, 0.3) is 5.91 Å². The Hall–Kier alpha value is -1.63. The fourth-order valence-corrected chi connectivity index (χ4v) is 2.80. The molecule has 0 aliphatic carbocycles. The summed E-state index contributed by atoms with van der Waals surface area (Å²) in [6.07, 6.45) is 0. The summed E-state index contributed by atoms with van der Waals surface area (Å²) in [6.45, 7) is 1.74. The van der Waals surface area contributed by atoms with Crippen LogP contribution in [0.5, 0.6) is 0 Å². The molecule has 1 aromatic carbocycles. The highest BCUT2D eigenvalue weighted by atomic mass is 79.9. The zero-order valence-electron chi connectivity index (χ0n) is 12.9. The largest absolute Gasteiger partial charge is 0.331 e. The van der Waals surface area contributed by atoms with Crippen LogP contribution in [0.3, 0.4) is 0 Å². The molecule has 0 saturated carbocycles. The van der Waals surface area contributed by atoms with E-state index in [4.69, 9.17) is 23.2 Å². The molecule has 8 heteroatoms. The number of benzene rings is 1. The van der Waals surface area contributed by atoms with Crippen LogP contribution in [-0.4, -0.2) is 35.3 Å². The number of nitrogens with one attached hydrogen (secondary N) is 1. The number of carbonyl (C=O) groups excluding carboxylic acids is 2. The van der Waals surface area contributed by atoms with Crippen molar-refractivity contribution in [2.24, 2.45) is 0 Å². The molecule has 0 unspecified atom stereocenters. The van der Waals surface area contributed by atoms with E-state index in [1.54, 1.807) is 6.07 Å². The second-order valence-electron chi connectivity index (χ2n) is 5.13. The van der Waals surface area contributed by atoms with Gasteiger partial charge in [-0.25, -0.2) is 4.98 Å². The van der Waals surface area contributed by atoms with Crippen molar-refractivity contribution in [1.29, 1.82) is 0 Å². The van der Waals surface area contributed by atoms with Gasteiger partial charge in [0.05, 0.1) is 11.6 Å². The Morgan fingerprint density at radius 3 is 2.62 bits per heavy atom. The number of rotatable bonds is 4. The number of aryl methyl sites for hydroxylation is 1. The van der Waals surface area contributed by atoms with Crippen LogP contribution in [0.25, 0.3) is 0 Å². The lowest BCUT2D eigenvalue weighted by atomic mass is 10.2. The van der Waals surface area contributed by atoms with E-state index in [1.165, 1.54) is 24.1 Å². The van der Waals surface area contributed by atoms with Crippen molar-refractivity contribution in [2.75, 3.05) is 18.9 Å². The van der Waals surface area contributed by atoms with Crippen LogP contribution < -0.4 is 5.32 Å². The summed E-state index contributed by atoms with van der Waals surface area (Å²) in [4.78, 5) is 29.6. The van der Waals surface area contributed by atoms with Crippen LogP contribution in [0.4, 0.5) is 5.69 Å². The Morgan fingerprint density at radius 1 is 1.25 bits per heavy atom. The lowest BCUT2D eigenvalue weighted by molar-refractivity contribution is -0.116. The molecule has 2 rings (SSSR count). The van der Waals surface area contributed by atoms with Gasteiger partial charge >= 0.3 is 0 Å². The molecule has 0 spiro atoms. The minimum Gasteiger partial charge on any atom is -0.331 e. The van der Waals surface area contributed by atoms with Gasteiger partial charge < -0.3 is 10.2 Å². The minimum absolute atomic E-state index is 0.0132. The predicted octanol–water partition coefficient (Wildman–Crippen LogP) is 4.17. The molecule has 0 radical (unpaired) electrons. The number of likely N-dealkylation sites (N-methyl/N-ethyl adjacent to an activating group) is 1. The van der Waals surface area contributed by atoms with Gasteiger partial charge in [0.15, 0.2) is 0 Å². The van der Waals surface area contributed by atoms with Crippen molar-refractivity contribution in [3.63, 3.8) is 0 Å². The van der Waals surface area contributed by atoms with E-state index in [1.807, 2.05) is 19.1 Å². The van der Waals surface area contributed by atoms with E-state index in [-0.39, 0.29) is 28.3 Å². The number of aromatic nitrogens is 1. The number of pyridine rings is 1. The number of hydrogen-bond acceptors (Lipinski definition) is 3. The number of anilines is 1. The molecule has 1 heterocycles. The maximum atomic E-state index is 12.4. The minimum atomic E-state index is -0.481. The third-order valence-corrected chi connectivity index (χ3v) is 4.21. The average molecular weight is 431 g/mol. The lowest BCUT2D eigenvalue weighted by Gasteiger charge is -2.17. The van der Waals surface area contributed by atoms with Crippen LogP contribution in [0.15, 0.2) is 34.8 Å². The Morgan fingerprint density at radius 2 is 1.96 bits per heavy atom. The number of nitrogens with zero attached hydrogens (tertiary/aromatic N) is 2. The Balaban J connectivity index is 2.05. The molecule has 0 bridgehead atoms. The molecule has 126 valence electrons. The van der Waals surface area contributed by atoms with Gasteiger partial charge in [-0.3, -0.25) is 9.59 Å². The first kappa shape index (κ1) is 18.7. The second kappa shape index (κ2) is 7.96. The number of amides is 2. The normalized spacial score (nSPS) is 10.4. The fourth-order valence-electron chi connectivity index (χ4n) is 1.99. The Bertz CT molecular complexity index is 799. The zero-order chi connectivity index (χ0) is 17.9. The average Bonchev–Trinajstić information content (AvgIpc) is 2.51. The molecular formula is C16H14BrCl2N3O2. The van der Waals surface area contributed by atoms with Gasteiger partial charge in [0, 0.05) is 17.2 Å². The van der Waals surface area contributed by atoms with E-state index in [0.717, 1.165) is 10.0 Å². The molecule has 0 atom stereocenters. The zero-order valence-corrected chi connectivity index (χ0v) is 16.0. The van der Waals surface area contributed by atoms with Crippen LogP contribution in [0.1, 0.15) is 16.1 Å². The van der Waals surface area contributed by atoms with Crippen LogP contribution in [-0.2, 0) is 4.79 Å². The van der Waals surface area contributed by atoms with Gasteiger partial charge in [0.1, 0.15) is 10.8 Å². The lowest BCUT2D eigenvalue weighted by Crippen LogP contribution is -2.35. The summed E-state index contributed by atoms with van der Waals surface area (Å²) in [5.41, 5.74) is 1.61. The smallest absolute Gasteiger partial charge is 0.274 e. The molecular weight excluding hydrogens is 417 g/mol. The number of carbonyl (C=O) groups is 2.